The second kappa shape index (κ2) is 5.37. The van der Waals surface area contributed by atoms with Gasteiger partial charge in [0.1, 0.15) is 5.75 Å². The number of hydrogen-bond acceptors (Lipinski definition) is 2. The fraction of sp³-hybridized carbons (Fsp3) is 0.455. The summed E-state index contributed by atoms with van der Waals surface area (Å²) in [7, 11) is 0. The van der Waals surface area contributed by atoms with E-state index in [0.717, 1.165) is 22.4 Å². The molecule has 0 bridgehead atoms. The van der Waals surface area contributed by atoms with Gasteiger partial charge in [-0.3, -0.25) is 0 Å². The van der Waals surface area contributed by atoms with Crippen molar-refractivity contribution in [2.24, 2.45) is 11.7 Å². The van der Waals surface area contributed by atoms with E-state index in [1.807, 2.05) is 18.2 Å². The fourth-order valence-electron chi connectivity index (χ4n) is 1.13. The minimum atomic E-state index is 0.507. The van der Waals surface area contributed by atoms with Gasteiger partial charge in [0.2, 0.25) is 0 Å². The first-order valence-corrected chi connectivity index (χ1v) is 5.54. The van der Waals surface area contributed by atoms with Crippen LogP contribution in [0.25, 0.3) is 0 Å². The minimum Gasteiger partial charge on any atom is -0.492 e. The van der Waals surface area contributed by atoms with E-state index in [-0.39, 0.29) is 0 Å². The van der Waals surface area contributed by atoms with Crippen molar-refractivity contribution in [3.05, 3.63) is 28.2 Å². The first-order valence-electron chi connectivity index (χ1n) is 4.75. The summed E-state index contributed by atoms with van der Waals surface area (Å²) in [4.78, 5) is 0. The topological polar surface area (TPSA) is 35.2 Å². The summed E-state index contributed by atoms with van der Waals surface area (Å²) in [6.45, 7) is 5.47. The number of para-hydroxylation sites is 1. The zero-order valence-electron chi connectivity index (χ0n) is 8.59. The summed E-state index contributed by atoms with van der Waals surface area (Å²) in [6.07, 6.45) is 0. The Kier molecular flexibility index (Phi) is 4.42. The summed E-state index contributed by atoms with van der Waals surface area (Å²) < 4.78 is 6.67. The summed E-state index contributed by atoms with van der Waals surface area (Å²) in [5.74, 6) is 1.40. The van der Waals surface area contributed by atoms with Crippen molar-refractivity contribution in [1.82, 2.24) is 0 Å². The highest BCUT2D eigenvalue weighted by Gasteiger charge is 2.07. The minimum absolute atomic E-state index is 0.507. The predicted molar refractivity (Wildman–Crippen MR) is 62.4 cm³/mol. The zero-order chi connectivity index (χ0) is 10.6. The molecule has 0 aliphatic carbocycles. The Morgan fingerprint density at radius 1 is 1.43 bits per heavy atom. The van der Waals surface area contributed by atoms with E-state index < -0.39 is 0 Å². The molecule has 0 radical (unpaired) electrons. The van der Waals surface area contributed by atoms with Gasteiger partial charge >= 0.3 is 0 Å². The predicted octanol–water partition coefficient (Wildman–Crippen LogP) is 2.94. The maximum absolute atomic E-state index is 5.69. The van der Waals surface area contributed by atoms with Gasteiger partial charge in [-0.1, -0.05) is 26.0 Å². The summed E-state index contributed by atoms with van der Waals surface area (Å²) in [5.41, 5.74) is 6.67. The zero-order valence-corrected chi connectivity index (χ0v) is 10.2. The van der Waals surface area contributed by atoms with Crippen LogP contribution in [0, 0.1) is 5.92 Å². The van der Waals surface area contributed by atoms with Crippen LogP contribution in [-0.2, 0) is 6.54 Å². The average Bonchev–Trinajstić information content (AvgIpc) is 2.15. The van der Waals surface area contributed by atoms with E-state index in [1.54, 1.807) is 0 Å². The highest BCUT2D eigenvalue weighted by atomic mass is 79.9. The van der Waals surface area contributed by atoms with Gasteiger partial charge in [-0.05, 0) is 27.9 Å². The highest BCUT2D eigenvalue weighted by Crippen LogP contribution is 2.29. The maximum atomic E-state index is 5.69. The largest absolute Gasteiger partial charge is 0.492 e. The van der Waals surface area contributed by atoms with Crippen molar-refractivity contribution in [3.63, 3.8) is 0 Å². The molecule has 0 unspecified atom stereocenters. The molecule has 0 atom stereocenters. The van der Waals surface area contributed by atoms with Crippen molar-refractivity contribution >= 4 is 15.9 Å². The van der Waals surface area contributed by atoms with Crippen molar-refractivity contribution in [2.45, 2.75) is 20.4 Å². The molecule has 2 nitrogen and oxygen atoms in total. The van der Waals surface area contributed by atoms with Gasteiger partial charge in [-0.25, -0.2) is 0 Å². The van der Waals surface area contributed by atoms with Crippen LogP contribution >= 0.6 is 15.9 Å². The number of nitrogens with two attached hydrogens (primary N) is 1. The van der Waals surface area contributed by atoms with Gasteiger partial charge in [0.05, 0.1) is 11.1 Å². The maximum Gasteiger partial charge on any atom is 0.137 e. The van der Waals surface area contributed by atoms with Gasteiger partial charge < -0.3 is 10.5 Å². The number of hydrogen-bond donors (Lipinski definition) is 1. The number of rotatable bonds is 4. The van der Waals surface area contributed by atoms with Crippen LogP contribution in [0.3, 0.4) is 0 Å². The first kappa shape index (κ1) is 11.5. The van der Waals surface area contributed by atoms with Crippen molar-refractivity contribution in [3.8, 4) is 5.75 Å². The fourth-order valence-corrected chi connectivity index (χ4v) is 1.65. The average molecular weight is 258 g/mol. The van der Waals surface area contributed by atoms with Gasteiger partial charge in [0, 0.05) is 12.1 Å². The summed E-state index contributed by atoms with van der Waals surface area (Å²) in [6, 6.07) is 5.92. The van der Waals surface area contributed by atoms with Crippen LogP contribution in [0.4, 0.5) is 0 Å². The van der Waals surface area contributed by atoms with Gasteiger partial charge in [0.25, 0.3) is 0 Å². The Bertz CT molecular complexity index is 299. The lowest BCUT2D eigenvalue weighted by Gasteiger charge is -2.13. The molecule has 78 valence electrons. The molecule has 1 aromatic rings. The molecule has 0 aliphatic heterocycles. The molecule has 0 spiro atoms. The van der Waals surface area contributed by atoms with E-state index in [4.69, 9.17) is 10.5 Å². The Hall–Kier alpha value is -0.540. The van der Waals surface area contributed by atoms with Gasteiger partial charge in [0.15, 0.2) is 0 Å². The van der Waals surface area contributed by atoms with Crippen LogP contribution in [0.15, 0.2) is 22.7 Å². The molecule has 14 heavy (non-hydrogen) atoms. The standard InChI is InChI=1S/C11H16BrNO/c1-8(2)7-14-11-9(6-13)4-3-5-10(11)12/h3-5,8H,6-7,13H2,1-2H3. The Morgan fingerprint density at radius 2 is 2.14 bits per heavy atom. The third-order valence-electron chi connectivity index (χ3n) is 1.83. The Morgan fingerprint density at radius 3 is 2.71 bits per heavy atom. The van der Waals surface area contributed by atoms with Gasteiger partial charge in [-0.15, -0.1) is 0 Å². The molecule has 0 heterocycles. The lowest BCUT2D eigenvalue weighted by molar-refractivity contribution is 0.267. The summed E-state index contributed by atoms with van der Waals surface area (Å²) in [5, 5.41) is 0. The van der Waals surface area contributed by atoms with Crippen molar-refractivity contribution < 1.29 is 4.74 Å². The van der Waals surface area contributed by atoms with Crippen LogP contribution in [0.2, 0.25) is 0 Å². The monoisotopic (exact) mass is 257 g/mol. The Balaban J connectivity index is 2.82. The third-order valence-corrected chi connectivity index (χ3v) is 2.45. The number of ether oxygens (including phenoxy) is 1. The normalized spacial score (nSPS) is 10.6. The van der Waals surface area contributed by atoms with Crippen molar-refractivity contribution in [2.75, 3.05) is 6.61 Å². The number of halogens is 1. The molecular weight excluding hydrogens is 242 g/mol. The molecule has 1 aromatic carbocycles. The van der Waals surface area contributed by atoms with Crippen molar-refractivity contribution in [1.29, 1.82) is 0 Å². The first-order chi connectivity index (χ1) is 6.65. The van der Waals surface area contributed by atoms with Crippen LogP contribution in [-0.4, -0.2) is 6.61 Å². The van der Waals surface area contributed by atoms with Crippen LogP contribution < -0.4 is 10.5 Å². The number of benzene rings is 1. The molecule has 3 heteroatoms. The second-order valence-corrected chi connectivity index (χ2v) is 4.49. The molecule has 2 N–H and O–H groups in total. The lowest BCUT2D eigenvalue weighted by atomic mass is 10.2. The molecule has 0 aliphatic rings. The van der Waals surface area contributed by atoms with E-state index in [9.17, 15) is 0 Å². The smallest absolute Gasteiger partial charge is 0.137 e. The molecule has 1 rings (SSSR count). The third kappa shape index (κ3) is 3.00. The highest BCUT2D eigenvalue weighted by molar-refractivity contribution is 9.10. The lowest BCUT2D eigenvalue weighted by Crippen LogP contribution is -2.08. The quantitative estimate of drug-likeness (QED) is 0.901. The van der Waals surface area contributed by atoms with Gasteiger partial charge in [-0.2, -0.15) is 0 Å². The SMILES string of the molecule is CC(C)COc1c(Br)cccc1CN. The molecule has 0 saturated carbocycles. The molecular formula is C11H16BrNO. The van der Waals surface area contributed by atoms with Crippen LogP contribution in [0.5, 0.6) is 5.75 Å². The molecule has 0 fully saturated rings. The Labute approximate surface area is 93.6 Å². The molecule has 0 saturated heterocycles. The van der Waals surface area contributed by atoms with E-state index in [2.05, 4.69) is 29.8 Å². The summed E-state index contributed by atoms with van der Waals surface area (Å²) >= 11 is 3.46. The van der Waals surface area contributed by atoms with Crippen LogP contribution in [0.1, 0.15) is 19.4 Å². The van der Waals surface area contributed by atoms with E-state index in [1.165, 1.54) is 0 Å². The molecule has 0 amide bonds. The second-order valence-electron chi connectivity index (χ2n) is 3.64. The molecule has 0 aromatic heterocycles. The van der Waals surface area contributed by atoms with E-state index >= 15 is 0 Å². The van der Waals surface area contributed by atoms with E-state index in [0.29, 0.717) is 12.5 Å².